The first kappa shape index (κ1) is 18.2. The van der Waals surface area contributed by atoms with Crippen LogP contribution in [0.25, 0.3) is 0 Å². The van der Waals surface area contributed by atoms with E-state index < -0.39 is 10.0 Å². The summed E-state index contributed by atoms with van der Waals surface area (Å²) in [6.07, 6.45) is 1.82. The number of hydrogen-bond acceptors (Lipinski definition) is 4. The first-order valence-electron chi connectivity index (χ1n) is 7.70. The number of aryl methyl sites for hydroxylation is 1. The molecule has 1 atom stereocenters. The lowest BCUT2D eigenvalue weighted by Gasteiger charge is -2.25. The van der Waals surface area contributed by atoms with Gasteiger partial charge in [-0.2, -0.15) is 4.31 Å². The smallest absolute Gasteiger partial charge is 0.246 e. The van der Waals surface area contributed by atoms with Gasteiger partial charge in [-0.25, -0.2) is 8.42 Å². The predicted molar refractivity (Wildman–Crippen MR) is 84.8 cm³/mol. The molecule has 0 radical (unpaired) electrons. The predicted octanol–water partition coefficient (Wildman–Crippen LogP) is 2.90. The molecule has 0 aliphatic carbocycles. The van der Waals surface area contributed by atoms with Crippen LogP contribution >= 0.6 is 0 Å². The van der Waals surface area contributed by atoms with E-state index in [0.29, 0.717) is 24.6 Å². The minimum absolute atomic E-state index is 0.0176. The van der Waals surface area contributed by atoms with Gasteiger partial charge < -0.3 is 9.73 Å². The van der Waals surface area contributed by atoms with Gasteiger partial charge in [-0.3, -0.25) is 0 Å². The Balaban J connectivity index is 3.02. The topological polar surface area (TPSA) is 62.6 Å². The van der Waals surface area contributed by atoms with E-state index in [0.717, 1.165) is 19.4 Å². The number of nitrogens with zero attached hydrogens (tertiary/aromatic N) is 1. The molecule has 0 bridgehead atoms. The molecule has 6 heteroatoms. The van der Waals surface area contributed by atoms with Crippen LogP contribution in [0.15, 0.2) is 15.4 Å². The van der Waals surface area contributed by atoms with Crippen molar-refractivity contribution in [3.63, 3.8) is 0 Å². The maximum atomic E-state index is 12.8. The third kappa shape index (κ3) is 4.31. The van der Waals surface area contributed by atoms with Crippen LogP contribution < -0.4 is 5.32 Å². The molecular formula is C15H28N2O3S. The summed E-state index contributed by atoms with van der Waals surface area (Å²) < 4.78 is 32.7. The summed E-state index contributed by atoms with van der Waals surface area (Å²) in [4.78, 5) is 0.290. The van der Waals surface area contributed by atoms with Gasteiger partial charge in [-0.1, -0.05) is 20.8 Å². The van der Waals surface area contributed by atoms with Gasteiger partial charge >= 0.3 is 0 Å². The lowest BCUT2D eigenvalue weighted by molar-refractivity contribution is 0.341. The molecule has 0 amide bonds. The first-order valence-corrected chi connectivity index (χ1v) is 9.14. The number of sulfonamides is 1. The molecule has 0 fully saturated rings. The average Bonchev–Trinajstić information content (AvgIpc) is 2.81. The zero-order valence-electron chi connectivity index (χ0n) is 13.8. The third-order valence-corrected chi connectivity index (χ3v) is 5.83. The van der Waals surface area contributed by atoms with Crippen LogP contribution in [0.1, 0.15) is 52.1 Å². The molecule has 122 valence electrons. The van der Waals surface area contributed by atoms with Crippen molar-refractivity contribution in [1.29, 1.82) is 0 Å². The summed E-state index contributed by atoms with van der Waals surface area (Å²) in [7, 11) is -3.49. The third-order valence-electron chi connectivity index (χ3n) is 3.63. The lowest BCUT2D eigenvalue weighted by atomic mass is 10.3. The molecule has 0 saturated heterocycles. The molecule has 1 N–H and O–H groups in total. The Hall–Kier alpha value is -0.850. The largest absolute Gasteiger partial charge is 0.464 e. The Bertz CT molecular complexity index is 537. The van der Waals surface area contributed by atoms with Crippen molar-refractivity contribution >= 4 is 10.0 Å². The van der Waals surface area contributed by atoms with Crippen molar-refractivity contribution in [3.8, 4) is 0 Å². The summed E-state index contributed by atoms with van der Waals surface area (Å²) in [5, 5.41) is 3.22. The Labute approximate surface area is 128 Å². The van der Waals surface area contributed by atoms with Crippen molar-refractivity contribution in [1.82, 2.24) is 9.62 Å². The summed E-state index contributed by atoms with van der Waals surface area (Å²) in [5.74, 6) is 1.13. The van der Waals surface area contributed by atoms with E-state index in [1.807, 2.05) is 20.8 Å². The fourth-order valence-corrected chi connectivity index (χ4v) is 4.21. The van der Waals surface area contributed by atoms with Gasteiger partial charge in [0, 0.05) is 18.7 Å². The Morgan fingerprint density at radius 2 is 2.00 bits per heavy atom. The molecule has 1 unspecified atom stereocenters. The van der Waals surface area contributed by atoms with Crippen LogP contribution in [-0.2, 0) is 16.6 Å². The van der Waals surface area contributed by atoms with Gasteiger partial charge in [-0.15, -0.1) is 0 Å². The van der Waals surface area contributed by atoms with Crippen LogP contribution in [-0.4, -0.2) is 31.9 Å². The summed E-state index contributed by atoms with van der Waals surface area (Å²) >= 11 is 0. The van der Waals surface area contributed by atoms with Crippen molar-refractivity contribution in [2.75, 3.05) is 13.1 Å². The zero-order chi connectivity index (χ0) is 16.0. The van der Waals surface area contributed by atoms with E-state index in [2.05, 4.69) is 12.2 Å². The minimum atomic E-state index is -3.49. The molecule has 0 aliphatic rings. The summed E-state index contributed by atoms with van der Waals surface area (Å²) in [6, 6.07) is 1.63. The van der Waals surface area contributed by atoms with Crippen LogP contribution in [0, 0.1) is 6.92 Å². The van der Waals surface area contributed by atoms with E-state index in [1.165, 1.54) is 4.31 Å². The highest BCUT2D eigenvalue weighted by Crippen LogP contribution is 2.25. The number of nitrogens with one attached hydrogen (secondary N) is 1. The van der Waals surface area contributed by atoms with E-state index in [9.17, 15) is 8.42 Å². The summed E-state index contributed by atoms with van der Waals surface area (Å²) in [5.41, 5.74) is 0. The Kier molecular flexibility index (Phi) is 6.90. The van der Waals surface area contributed by atoms with Gasteiger partial charge in [0.25, 0.3) is 0 Å². The van der Waals surface area contributed by atoms with Gasteiger partial charge in [0.2, 0.25) is 10.0 Å². The van der Waals surface area contributed by atoms with Crippen molar-refractivity contribution in [3.05, 3.63) is 17.6 Å². The van der Waals surface area contributed by atoms with Crippen LogP contribution in [0.2, 0.25) is 0 Å². The Morgan fingerprint density at radius 1 is 1.33 bits per heavy atom. The highest BCUT2D eigenvalue weighted by molar-refractivity contribution is 7.89. The molecule has 21 heavy (non-hydrogen) atoms. The van der Waals surface area contributed by atoms with Crippen LogP contribution in [0.4, 0.5) is 0 Å². The van der Waals surface area contributed by atoms with Gasteiger partial charge in [0.15, 0.2) is 0 Å². The molecule has 0 spiro atoms. The fraction of sp³-hybridized carbons (Fsp3) is 0.733. The second-order valence-corrected chi connectivity index (χ2v) is 7.13. The SMILES string of the molecule is CCCNCc1cc(S(=O)(=O)N(CC)C(C)CC)c(C)o1. The van der Waals surface area contributed by atoms with Crippen LogP contribution in [0.3, 0.4) is 0 Å². The standard InChI is InChI=1S/C15H28N2O3S/c1-6-9-16-11-14-10-15(13(5)20-14)21(18,19)17(8-3)12(4)7-2/h10,12,16H,6-9,11H2,1-5H3. The molecular weight excluding hydrogens is 288 g/mol. The minimum Gasteiger partial charge on any atom is -0.464 e. The molecule has 1 aromatic heterocycles. The fourth-order valence-electron chi connectivity index (χ4n) is 2.30. The van der Waals surface area contributed by atoms with Crippen molar-refractivity contribution < 1.29 is 12.8 Å². The first-order chi connectivity index (χ1) is 9.88. The number of hydrogen-bond donors (Lipinski definition) is 1. The van der Waals surface area contributed by atoms with Gasteiger partial charge in [-0.05, 0) is 33.2 Å². The average molecular weight is 316 g/mol. The molecule has 0 aromatic carbocycles. The molecule has 0 saturated carbocycles. The molecule has 1 rings (SSSR count). The quantitative estimate of drug-likeness (QED) is 0.712. The number of rotatable bonds is 9. The molecule has 5 nitrogen and oxygen atoms in total. The van der Waals surface area contributed by atoms with Gasteiger partial charge in [0.05, 0.1) is 6.54 Å². The highest BCUT2D eigenvalue weighted by Gasteiger charge is 2.30. The zero-order valence-corrected chi connectivity index (χ0v) is 14.6. The Morgan fingerprint density at radius 3 is 2.52 bits per heavy atom. The highest BCUT2D eigenvalue weighted by atomic mass is 32.2. The van der Waals surface area contributed by atoms with E-state index in [-0.39, 0.29) is 10.9 Å². The van der Waals surface area contributed by atoms with E-state index >= 15 is 0 Å². The molecule has 0 aliphatic heterocycles. The van der Waals surface area contributed by atoms with Crippen LogP contribution in [0.5, 0.6) is 0 Å². The maximum Gasteiger partial charge on any atom is 0.246 e. The summed E-state index contributed by atoms with van der Waals surface area (Å²) in [6.45, 7) is 11.5. The normalized spacial score (nSPS) is 13.8. The molecule has 1 aromatic rings. The second-order valence-electron chi connectivity index (χ2n) is 5.28. The van der Waals surface area contributed by atoms with Crippen molar-refractivity contribution in [2.45, 2.75) is 64.9 Å². The monoisotopic (exact) mass is 316 g/mol. The molecule has 1 heterocycles. The number of furan rings is 1. The van der Waals surface area contributed by atoms with E-state index in [1.54, 1.807) is 13.0 Å². The van der Waals surface area contributed by atoms with Crippen molar-refractivity contribution in [2.24, 2.45) is 0 Å². The maximum absolute atomic E-state index is 12.8. The van der Waals surface area contributed by atoms with E-state index in [4.69, 9.17) is 4.42 Å². The second kappa shape index (κ2) is 7.96. The lowest BCUT2D eigenvalue weighted by Crippen LogP contribution is -2.38. The van der Waals surface area contributed by atoms with Gasteiger partial charge in [0.1, 0.15) is 16.4 Å².